The first-order valence-electron chi connectivity index (χ1n) is 15.8. The maximum Gasteiger partial charge on any atom is 0.0468 e. The fourth-order valence-corrected chi connectivity index (χ4v) is 6.88. The van der Waals surface area contributed by atoms with Crippen molar-refractivity contribution in [2.24, 2.45) is 0 Å². The number of benzene rings is 8. The van der Waals surface area contributed by atoms with Gasteiger partial charge >= 0.3 is 0 Å². The molecular weight excluding hydrogens is 556 g/mol. The molecule has 46 heavy (non-hydrogen) atoms. The van der Waals surface area contributed by atoms with Gasteiger partial charge in [-0.2, -0.15) is 0 Å². The van der Waals surface area contributed by atoms with Crippen LogP contribution >= 0.6 is 0 Å². The summed E-state index contributed by atoms with van der Waals surface area (Å²) < 4.78 is 0. The van der Waals surface area contributed by atoms with Crippen LogP contribution in [0.4, 0.5) is 34.1 Å². The molecule has 0 aliphatic heterocycles. The van der Waals surface area contributed by atoms with Crippen molar-refractivity contribution >= 4 is 55.7 Å². The van der Waals surface area contributed by atoms with Crippen LogP contribution < -0.4 is 9.80 Å². The van der Waals surface area contributed by atoms with Crippen LogP contribution in [0.2, 0.25) is 0 Å². The normalized spacial score (nSPS) is 11.5. The fraction of sp³-hybridized carbons (Fsp3) is 0. The first kappa shape index (κ1) is 26.3. The lowest BCUT2D eigenvalue weighted by molar-refractivity contribution is 1.29. The van der Waals surface area contributed by atoms with Crippen molar-refractivity contribution in [2.75, 3.05) is 9.80 Å². The van der Waals surface area contributed by atoms with E-state index in [0.29, 0.717) is 0 Å². The van der Waals surface area contributed by atoms with Crippen LogP contribution in [0.1, 0.15) is 0 Å². The van der Waals surface area contributed by atoms with E-state index in [-0.39, 0.29) is 0 Å². The van der Waals surface area contributed by atoms with Crippen molar-refractivity contribution in [3.8, 4) is 22.3 Å². The summed E-state index contributed by atoms with van der Waals surface area (Å²) in [4.78, 5) is 4.65. The van der Waals surface area contributed by atoms with E-state index in [2.05, 4.69) is 192 Å². The number of anilines is 6. The number of hydrogen-bond acceptors (Lipinski definition) is 2. The highest BCUT2D eigenvalue weighted by molar-refractivity contribution is 6.12. The summed E-state index contributed by atoms with van der Waals surface area (Å²) in [5.41, 5.74) is 12.2. The molecule has 8 aromatic rings. The van der Waals surface area contributed by atoms with Gasteiger partial charge < -0.3 is 9.80 Å². The van der Waals surface area contributed by atoms with Crippen LogP contribution in [0.15, 0.2) is 182 Å². The van der Waals surface area contributed by atoms with Gasteiger partial charge in [-0.3, -0.25) is 0 Å². The number of nitrogens with zero attached hydrogens (tertiary/aromatic N) is 2. The molecule has 9 rings (SSSR count). The highest BCUT2D eigenvalue weighted by Gasteiger charge is 2.24. The Morgan fingerprint density at radius 1 is 0.217 bits per heavy atom. The Kier molecular flexibility index (Phi) is 6.17. The predicted molar refractivity (Wildman–Crippen MR) is 195 cm³/mol. The molecular formula is C44H30N2. The molecule has 0 N–H and O–H groups in total. The van der Waals surface area contributed by atoms with E-state index in [1.807, 2.05) is 0 Å². The summed E-state index contributed by atoms with van der Waals surface area (Å²) in [6.07, 6.45) is 0. The minimum atomic E-state index is 1.14. The molecule has 0 saturated heterocycles. The zero-order valence-corrected chi connectivity index (χ0v) is 25.2. The molecule has 0 unspecified atom stereocenters. The van der Waals surface area contributed by atoms with Crippen LogP contribution in [0.5, 0.6) is 0 Å². The molecule has 0 atom stereocenters. The van der Waals surface area contributed by atoms with Gasteiger partial charge in [0.2, 0.25) is 0 Å². The predicted octanol–water partition coefficient (Wildman–Crippen LogP) is 12.6. The topological polar surface area (TPSA) is 6.48 Å². The van der Waals surface area contributed by atoms with E-state index >= 15 is 0 Å². The Morgan fingerprint density at radius 2 is 0.500 bits per heavy atom. The van der Waals surface area contributed by atoms with E-state index in [1.165, 1.54) is 43.8 Å². The van der Waals surface area contributed by atoms with Crippen LogP contribution in [0.25, 0.3) is 43.8 Å². The first-order valence-corrected chi connectivity index (χ1v) is 15.8. The minimum Gasteiger partial charge on any atom is -0.310 e. The summed E-state index contributed by atoms with van der Waals surface area (Å²) in [6, 6.07) is 65.5. The Bertz CT molecular complexity index is 2080. The summed E-state index contributed by atoms with van der Waals surface area (Å²) in [5.74, 6) is 0. The van der Waals surface area contributed by atoms with Gasteiger partial charge in [0.25, 0.3) is 0 Å². The van der Waals surface area contributed by atoms with Gasteiger partial charge in [0.1, 0.15) is 0 Å². The minimum absolute atomic E-state index is 1.14. The SMILES string of the molecule is c1ccc(N(c2ccccc2)c2ccc3cc4c(cc3c2)-c2cc3ccc(N(c5ccccc5)c5ccccc5)cc3cc2-4)cc1. The van der Waals surface area contributed by atoms with Crippen LogP contribution in [0, 0.1) is 0 Å². The van der Waals surface area contributed by atoms with Gasteiger partial charge in [0, 0.05) is 34.1 Å². The molecule has 1 aliphatic carbocycles. The Morgan fingerprint density at radius 3 is 0.804 bits per heavy atom. The highest BCUT2D eigenvalue weighted by atomic mass is 15.1. The molecule has 0 radical (unpaired) electrons. The lowest BCUT2D eigenvalue weighted by Gasteiger charge is -2.28. The zero-order chi connectivity index (χ0) is 30.5. The van der Waals surface area contributed by atoms with Crippen molar-refractivity contribution in [3.05, 3.63) is 182 Å². The lowest BCUT2D eigenvalue weighted by atomic mass is 9.78. The summed E-state index contributed by atoms with van der Waals surface area (Å²) in [6.45, 7) is 0. The maximum atomic E-state index is 2.37. The third kappa shape index (κ3) is 4.43. The van der Waals surface area contributed by atoms with Gasteiger partial charge in [-0.05, 0) is 141 Å². The standard InChI is InChI=1S/C44H30N2/c1-5-13-35(14-6-1)45(36-15-7-2-8-16-36)39-23-21-31-27-41-43(29-33(31)25-39)42-28-32-22-24-40(26-34(32)30-44(41)42)46(37-17-9-3-10-18-37)38-19-11-4-12-20-38/h1-30H. The quantitative estimate of drug-likeness (QED) is 0.191. The van der Waals surface area contributed by atoms with Gasteiger partial charge in [0.05, 0.1) is 0 Å². The smallest absolute Gasteiger partial charge is 0.0468 e. The molecule has 1 aliphatic rings. The van der Waals surface area contributed by atoms with E-state index < -0.39 is 0 Å². The van der Waals surface area contributed by atoms with E-state index in [4.69, 9.17) is 0 Å². The summed E-state index contributed by atoms with van der Waals surface area (Å²) in [5, 5.41) is 5.00. The molecule has 216 valence electrons. The average Bonchev–Trinajstić information content (AvgIpc) is 3.12. The van der Waals surface area contributed by atoms with Gasteiger partial charge in [-0.15, -0.1) is 0 Å². The van der Waals surface area contributed by atoms with E-state index in [1.54, 1.807) is 0 Å². The fourth-order valence-electron chi connectivity index (χ4n) is 6.88. The molecule has 8 aromatic carbocycles. The van der Waals surface area contributed by atoms with E-state index in [9.17, 15) is 0 Å². The molecule has 0 saturated carbocycles. The number of rotatable bonds is 6. The van der Waals surface area contributed by atoms with Crippen LogP contribution in [-0.2, 0) is 0 Å². The second-order valence-corrected chi connectivity index (χ2v) is 11.9. The Labute approximate surface area is 269 Å². The van der Waals surface area contributed by atoms with Crippen LogP contribution in [-0.4, -0.2) is 0 Å². The van der Waals surface area contributed by atoms with Crippen molar-refractivity contribution in [2.45, 2.75) is 0 Å². The third-order valence-electron chi connectivity index (χ3n) is 9.07. The molecule has 0 fully saturated rings. The van der Waals surface area contributed by atoms with Gasteiger partial charge in [-0.1, -0.05) is 84.9 Å². The van der Waals surface area contributed by atoms with Crippen molar-refractivity contribution < 1.29 is 0 Å². The monoisotopic (exact) mass is 586 g/mol. The maximum absolute atomic E-state index is 2.37. The summed E-state index contributed by atoms with van der Waals surface area (Å²) >= 11 is 0. The molecule has 2 nitrogen and oxygen atoms in total. The van der Waals surface area contributed by atoms with Crippen LogP contribution in [0.3, 0.4) is 0 Å². The molecule has 0 bridgehead atoms. The molecule has 0 heterocycles. The van der Waals surface area contributed by atoms with Gasteiger partial charge in [0.15, 0.2) is 0 Å². The molecule has 0 spiro atoms. The third-order valence-corrected chi connectivity index (χ3v) is 9.07. The molecule has 2 heteroatoms. The zero-order valence-electron chi connectivity index (χ0n) is 25.2. The summed E-state index contributed by atoms with van der Waals surface area (Å²) in [7, 11) is 0. The molecule has 0 amide bonds. The highest BCUT2D eigenvalue weighted by Crippen LogP contribution is 2.51. The molecule has 0 aromatic heterocycles. The van der Waals surface area contributed by atoms with Gasteiger partial charge in [-0.25, -0.2) is 0 Å². The second kappa shape index (κ2) is 10.8. The number of para-hydroxylation sites is 4. The Balaban J connectivity index is 1.11. The van der Waals surface area contributed by atoms with Crippen molar-refractivity contribution in [1.29, 1.82) is 0 Å². The second-order valence-electron chi connectivity index (χ2n) is 11.9. The average molecular weight is 587 g/mol. The van der Waals surface area contributed by atoms with E-state index in [0.717, 1.165) is 34.1 Å². The van der Waals surface area contributed by atoms with Crippen molar-refractivity contribution in [3.63, 3.8) is 0 Å². The Hall–Kier alpha value is -6.12. The first-order chi connectivity index (χ1) is 22.8. The number of fused-ring (bicyclic) bond motifs is 6. The lowest BCUT2D eigenvalue weighted by Crippen LogP contribution is -2.10. The van der Waals surface area contributed by atoms with Crippen molar-refractivity contribution in [1.82, 2.24) is 0 Å². The largest absolute Gasteiger partial charge is 0.310 e. The number of hydrogen-bond donors (Lipinski definition) is 0.